The molecule has 0 spiro atoms. The zero-order chi connectivity index (χ0) is 15.5. The maximum absolute atomic E-state index is 12.4. The van der Waals surface area contributed by atoms with Gasteiger partial charge in [0.05, 0.1) is 12.1 Å². The number of aliphatic hydroxyl groups is 1. The predicted octanol–water partition coefficient (Wildman–Crippen LogP) is 1.64. The van der Waals surface area contributed by atoms with Crippen molar-refractivity contribution in [3.05, 3.63) is 4.88 Å². The lowest BCUT2D eigenvalue weighted by atomic mass is 10.1. The lowest BCUT2D eigenvalue weighted by Gasteiger charge is -2.33. The van der Waals surface area contributed by atoms with Crippen molar-refractivity contribution < 1.29 is 9.90 Å². The fourth-order valence-corrected chi connectivity index (χ4v) is 2.25. The van der Waals surface area contributed by atoms with Crippen LogP contribution in [-0.2, 0) is 0 Å². The Morgan fingerprint density at radius 2 is 2.15 bits per heavy atom. The molecule has 4 N–H and O–H groups in total. The van der Waals surface area contributed by atoms with Crippen molar-refractivity contribution in [2.75, 3.05) is 31.2 Å². The molecule has 0 aliphatic rings. The first-order chi connectivity index (χ1) is 9.19. The summed E-state index contributed by atoms with van der Waals surface area (Å²) in [5.41, 5.74) is 5.18. The molecule has 1 aromatic rings. The molecule has 0 aliphatic carbocycles. The maximum atomic E-state index is 12.4. The van der Waals surface area contributed by atoms with Gasteiger partial charge >= 0.3 is 0 Å². The summed E-state index contributed by atoms with van der Waals surface area (Å²) in [6, 6.07) is 0. The second-order valence-electron chi connectivity index (χ2n) is 5.84. The van der Waals surface area contributed by atoms with Crippen molar-refractivity contribution in [2.24, 2.45) is 5.92 Å². The van der Waals surface area contributed by atoms with Gasteiger partial charge in [-0.2, -0.15) is 0 Å². The Labute approximate surface area is 124 Å². The fraction of sp³-hybridized carbons (Fsp3) is 0.692. The molecule has 7 heteroatoms. The van der Waals surface area contributed by atoms with Crippen LogP contribution in [0.2, 0.25) is 0 Å². The molecular formula is C13H24N4O2S. The number of hydrogen-bond acceptors (Lipinski definition) is 6. The Kier molecular flexibility index (Phi) is 5.35. The molecule has 0 saturated heterocycles. The smallest absolute Gasteiger partial charge is 0.268 e. The topological polar surface area (TPSA) is 91.5 Å². The number of amides is 1. The zero-order valence-corrected chi connectivity index (χ0v) is 13.5. The van der Waals surface area contributed by atoms with Gasteiger partial charge in [-0.3, -0.25) is 4.79 Å². The molecule has 114 valence electrons. The van der Waals surface area contributed by atoms with E-state index in [0.717, 1.165) is 6.54 Å². The molecular weight excluding hydrogens is 276 g/mol. The third-order valence-corrected chi connectivity index (χ3v) is 4.13. The molecule has 0 fully saturated rings. The standard InChI is InChI=1S/C13H24N4O2S/c1-8(2)6-15-12-16-10(14)9(20-12)11(19)17(5)13(3,4)7-18/h8,18H,6-7,14H2,1-5H3,(H,15,16). The van der Waals surface area contributed by atoms with Gasteiger partial charge in [-0.1, -0.05) is 25.2 Å². The minimum Gasteiger partial charge on any atom is -0.394 e. The normalized spacial score (nSPS) is 11.8. The van der Waals surface area contributed by atoms with Gasteiger partial charge in [0, 0.05) is 13.6 Å². The number of aliphatic hydroxyl groups excluding tert-OH is 1. The van der Waals surface area contributed by atoms with Crippen LogP contribution in [0.5, 0.6) is 0 Å². The zero-order valence-electron chi connectivity index (χ0n) is 12.7. The number of carbonyl (C=O) groups excluding carboxylic acids is 1. The molecule has 0 saturated carbocycles. The maximum Gasteiger partial charge on any atom is 0.268 e. The number of nitrogen functional groups attached to an aromatic ring is 1. The van der Waals surface area contributed by atoms with Crippen molar-refractivity contribution in [3.8, 4) is 0 Å². The average Bonchev–Trinajstić information content (AvgIpc) is 2.75. The molecule has 0 aliphatic heterocycles. The lowest BCUT2D eigenvalue weighted by Crippen LogP contribution is -2.47. The van der Waals surface area contributed by atoms with Crippen LogP contribution >= 0.6 is 11.3 Å². The highest BCUT2D eigenvalue weighted by Gasteiger charge is 2.30. The van der Waals surface area contributed by atoms with Crippen molar-refractivity contribution in [1.82, 2.24) is 9.88 Å². The largest absolute Gasteiger partial charge is 0.394 e. The van der Waals surface area contributed by atoms with E-state index in [9.17, 15) is 9.90 Å². The van der Waals surface area contributed by atoms with Crippen LogP contribution in [0.1, 0.15) is 37.4 Å². The number of anilines is 2. The van der Waals surface area contributed by atoms with Crippen molar-refractivity contribution in [1.29, 1.82) is 0 Å². The minimum absolute atomic E-state index is 0.119. The van der Waals surface area contributed by atoms with Gasteiger partial charge in [0.25, 0.3) is 5.91 Å². The number of nitrogens with zero attached hydrogens (tertiary/aromatic N) is 2. The Hall–Kier alpha value is -1.34. The monoisotopic (exact) mass is 300 g/mol. The molecule has 1 amide bonds. The van der Waals surface area contributed by atoms with Crippen molar-refractivity contribution in [2.45, 2.75) is 33.2 Å². The molecule has 0 unspecified atom stereocenters. The third kappa shape index (κ3) is 3.83. The van der Waals surface area contributed by atoms with E-state index in [1.54, 1.807) is 20.9 Å². The summed E-state index contributed by atoms with van der Waals surface area (Å²) in [4.78, 5) is 18.5. The second kappa shape index (κ2) is 6.41. The molecule has 20 heavy (non-hydrogen) atoms. The first-order valence-electron chi connectivity index (χ1n) is 6.58. The van der Waals surface area contributed by atoms with Gasteiger partial charge in [0.1, 0.15) is 10.7 Å². The van der Waals surface area contributed by atoms with Crippen LogP contribution in [-0.4, -0.2) is 46.6 Å². The van der Waals surface area contributed by atoms with E-state index in [1.807, 2.05) is 0 Å². The van der Waals surface area contributed by atoms with E-state index < -0.39 is 5.54 Å². The van der Waals surface area contributed by atoms with E-state index in [4.69, 9.17) is 5.73 Å². The number of nitrogens with two attached hydrogens (primary N) is 1. The number of carbonyl (C=O) groups is 1. The highest BCUT2D eigenvalue weighted by molar-refractivity contribution is 7.18. The summed E-state index contributed by atoms with van der Waals surface area (Å²) < 4.78 is 0. The first-order valence-corrected chi connectivity index (χ1v) is 7.40. The summed E-state index contributed by atoms with van der Waals surface area (Å²) in [6.07, 6.45) is 0. The van der Waals surface area contributed by atoms with Gasteiger partial charge in [0.15, 0.2) is 5.13 Å². The summed E-state index contributed by atoms with van der Waals surface area (Å²) in [6.45, 7) is 8.42. The number of rotatable bonds is 6. The quantitative estimate of drug-likeness (QED) is 0.743. The van der Waals surface area contributed by atoms with E-state index in [-0.39, 0.29) is 18.3 Å². The van der Waals surface area contributed by atoms with E-state index in [1.165, 1.54) is 16.2 Å². The van der Waals surface area contributed by atoms with Crippen molar-refractivity contribution in [3.63, 3.8) is 0 Å². The van der Waals surface area contributed by atoms with Crippen molar-refractivity contribution >= 4 is 28.2 Å². The minimum atomic E-state index is -0.640. The molecule has 1 aromatic heterocycles. The second-order valence-corrected chi connectivity index (χ2v) is 6.84. The summed E-state index contributed by atoms with van der Waals surface area (Å²) in [7, 11) is 1.65. The van der Waals surface area contributed by atoms with E-state index >= 15 is 0 Å². The van der Waals surface area contributed by atoms with E-state index in [2.05, 4.69) is 24.1 Å². The Morgan fingerprint density at radius 1 is 1.55 bits per heavy atom. The Bertz CT molecular complexity index is 471. The molecule has 0 atom stereocenters. The van der Waals surface area contributed by atoms with E-state index in [0.29, 0.717) is 15.9 Å². The number of nitrogens with one attached hydrogen (secondary N) is 1. The van der Waals surface area contributed by atoms with Gasteiger partial charge in [-0.05, 0) is 19.8 Å². The number of thiazole rings is 1. The number of likely N-dealkylation sites (N-methyl/N-ethyl adjacent to an activating group) is 1. The molecule has 1 heterocycles. The van der Waals surface area contributed by atoms with Gasteiger partial charge in [-0.25, -0.2) is 4.98 Å². The predicted molar refractivity (Wildman–Crippen MR) is 83.1 cm³/mol. The number of hydrogen-bond donors (Lipinski definition) is 3. The van der Waals surface area contributed by atoms with Crippen LogP contribution in [0, 0.1) is 5.92 Å². The molecule has 0 radical (unpaired) electrons. The fourth-order valence-electron chi connectivity index (χ4n) is 1.39. The van der Waals surface area contributed by atoms with Crippen LogP contribution in [0.25, 0.3) is 0 Å². The van der Waals surface area contributed by atoms with Crippen LogP contribution in [0.3, 0.4) is 0 Å². The molecule has 0 bridgehead atoms. The highest BCUT2D eigenvalue weighted by Crippen LogP contribution is 2.28. The lowest BCUT2D eigenvalue weighted by molar-refractivity contribution is 0.0478. The summed E-state index contributed by atoms with van der Waals surface area (Å²) in [5.74, 6) is 0.485. The van der Waals surface area contributed by atoms with Crippen LogP contribution in [0.15, 0.2) is 0 Å². The molecule has 6 nitrogen and oxygen atoms in total. The Balaban J connectivity index is 2.89. The van der Waals surface area contributed by atoms with Gasteiger partial charge < -0.3 is 21.1 Å². The average molecular weight is 300 g/mol. The first kappa shape index (κ1) is 16.7. The SMILES string of the molecule is CC(C)CNc1nc(N)c(C(=O)N(C)C(C)(C)CO)s1. The highest BCUT2D eigenvalue weighted by atomic mass is 32.1. The molecule has 1 rings (SSSR count). The summed E-state index contributed by atoms with van der Waals surface area (Å²) >= 11 is 1.24. The van der Waals surface area contributed by atoms with Crippen LogP contribution < -0.4 is 11.1 Å². The van der Waals surface area contributed by atoms with Gasteiger partial charge in [0.2, 0.25) is 0 Å². The summed E-state index contributed by atoms with van der Waals surface area (Å²) in [5, 5.41) is 13.1. The van der Waals surface area contributed by atoms with Gasteiger partial charge in [-0.15, -0.1) is 0 Å². The molecule has 0 aromatic carbocycles. The Morgan fingerprint density at radius 3 is 2.65 bits per heavy atom. The van der Waals surface area contributed by atoms with Crippen LogP contribution in [0.4, 0.5) is 10.9 Å². The third-order valence-electron chi connectivity index (χ3n) is 3.11. The number of aromatic nitrogens is 1.